The number of esters is 1. The van der Waals surface area contributed by atoms with Gasteiger partial charge in [0.1, 0.15) is 6.04 Å². The van der Waals surface area contributed by atoms with E-state index in [1.165, 1.54) is 19.2 Å². The van der Waals surface area contributed by atoms with E-state index in [1.807, 2.05) is 0 Å². The fraction of sp³-hybridized carbons (Fsp3) is 0.400. The van der Waals surface area contributed by atoms with Crippen LogP contribution in [0.15, 0.2) is 24.3 Å². The molecule has 1 aromatic carbocycles. The summed E-state index contributed by atoms with van der Waals surface area (Å²) in [6, 6.07) is 3.02. The summed E-state index contributed by atoms with van der Waals surface area (Å²) in [5.41, 5.74) is 4.67. The number of primary amides is 1. The van der Waals surface area contributed by atoms with E-state index >= 15 is 0 Å². The highest BCUT2D eigenvalue weighted by Gasteiger charge is 2.30. The molecule has 2 amide bonds. The minimum Gasteiger partial charge on any atom is -0.469 e. The SMILES string of the molecule is COC(=O)CC[C@H](NC(=O)Cc1ccc(C(F)(F)F)cc1)C(N)=O. The van der Waals surface area contributed by atoms with E-state index in [9.17, 15) is 27.6 Å². The van der Waals surface area contributed by atoms with Gasteiger partial charge < -0.3 is 15.8 Å². The van der Waals surface area contributed by atoms with Gasteiger partial charge in [-0.25, -0.2) is 0 Å². The lowest BCUT2D eigenvalue weighted by atomic mass is 10.1. The van der Waals surface area contributed by atoms with E-state index in [1.54, 1.807) is 0 Å². The van der Waals surface area contributed by atoms with Crippen molar-refractivity contribution >= 4 is 17.8 Å². The van der Waals surface area contributed by atoms with Gasteiger partial charge in [0, 0.05) is 6.42 Å². The van der Waals surface area contributed by atoms with Gasteiger partial charge in [-0.1, -0.05) is 12.1 Å². The van der Waals surface area contributed by atoms with Gasteiger partial charge in [0.05, 0.1) is 19.1 Å². The quantitative estimate of drug-likeness (QED) is 0.724. The molecule has 0 fully saturated rings. The number of amides is 2. The molecular weight excluding hydrogens is 329 g/mol. The number of nitrogens with two attached hydrogens (primary N) is 1. The van der Waals surface area contributed by atoms with Crippen molar-refractivity contribution in [2.24, 2.45) is 5.73 Å². The second kappa shape index (κ2) is 8.32. The van der Waals surface area contributed by atoms with Gasteiger partial charge in [-0.15, -0.1) is 0 Å². The van der Waals surface area contributed by atoms with Crippen LogP contribution in [-0.4, -0.2) is 30.9 Å². The van der Waals surface area contributed by atoms with Crippen LogP contribution >= 0.6 is 0 Å². The molecule has 1 aromatic rings. The maximum absolute atomic E-state index is 12.5. The van der Waals surface area contributed by atoms with Crippen molar-refractivity contribution < 1.29 is 32.3 Å². The first-order chi connectivity index (χ1) is 11.1. The summed E-state index contributed by atoms with van der Waals surface area (Å²) in [7, 11) is 1.19. The lowest BCUT2D eigenvalue weighted by Gasteiger charge is -2.15. The van der Waals surface area contributed by atoms with Crippen molar-refractivity contribution in [3.05, 3.63) is 35.4 Å². The van der Waals surface area contributed by atoms with Gasteiger partial charge in [-0.2, -0.15) is 13.2 Å². The number of methoxy groups -OCH3 is 1. The van der Waals surface area contributed by atoms with Crippen LogP contribution in [0.2, 0.25) is 0 Å². The number of carbonyl (C=O) groups excluding carboxylic acids is 3. The van der Waals surface area contributed by atoms with Crippen molar-refractivity contribution in [2.75, 3.05) is 7.11 Å². The fourth-order valence-electron chi connectivity index (χ4n) is 1.89. The Morgan fingerprint density at radius 3 is 2.25 bits per heavy atom. The van der Waals surface area contributed by atoms with Crippen LogP contribution in [0, 0.1) is 0 Å². The number of hydrogen-bond donors (Lipinski definition) is 2. The molecule has 0 heterocycles. The molecule has 3 N–H and O–H groups in total. The fourth-order valence-corrected chi connectivity index (χ4v) is 1.89. The predicted molar refractivity (Wildman–Crippen MR) is 77.5 cm³/mol. The van der Waals surface area contributed by atoms with Crippen molar-refractivity contribution in [2.45, 2.75) is 31.5 Å². The molecule has 0 aromatic heterocycles. The van der Waals surface area contributed by atoms with E-state index in [-0.39, 0.29) is 19.3 Å². The van der Waals surface area contributed by atoms with E-state index in [0.717, 1.165) is 12.1 Å². The minimum atomic E-state index is -4.45. The van der Waals surface area contributed by atoms with Gasteiger partial charge in [0.2, 0.25) is 11.8 Å². The highest BCUT2D eigenvalue weighted by molar-refractivity contribution is 5.87. The predicted octanol–water partition coefficient (Wildman–Crippen LogP) is 1.17. The second-order valence-electron chi connectivity index (χ2n) is 5.01. The molecule has 9 heteroatoms. The Hall–Kier alpha value is -2.58. The Morgan fingerprint density at radius 2 is 1.79 bits per heavy atom. The molecule has 1 rings (SSSR count). The molecule has 24 heavy (non-hydrogen) atoms. The summed E-state index contributed by atoms with van der Waals surface area (Å²) in [6.07, 6.45) is -4.81. The zero-order chi connectivity index (χ0) is 18.3. The summed E-state index contributed by atoms with van der Waals surface area (Å²) in [6.45, 7) is 0. The van der Waals surface area contributed by atoms with Gasteiger partial charge in [-0.05, 0) is 24.1 Å². The average molecular weight is 346 g/mol. The van der Waals surface area contributed by atoms with Gasteiger partial charge in [0.15, 0.2) is 0 Å². The molecule has 0 aliphatic rings. The number of nitrogens with one attached hydrogen (secondary N) is 1. The number of alkyl halides is 3. The summed E-state index contributed by atoms with van der Waals surface area (Å²) < 4.78 is 41.8. The Labute approximate surface area is 136 Å². The molecule has 0 aliphatic carbocycles. The maximum Gasteiger partial charge on any atom is 0.416 e. The van der Waals surface area contributed by atoms with Crippen LogP contribution in [0.5, 0.6) is 0 Å². The van der Waals surface area contributed by atoms with E-state index < -0.39 is 35.6 Å². The van der Waals surface area contributed by atoms with Gasteiger partial charge in [-0.3, -0.25) is 14.4 Å². The molecule has 0 unspecified atom stereocenters. The number of carbonyl (C=O) groups is 3. The molecule has 0 spiro atoms. The number of rotatable bonds is 7. The topological polar surface area (TPSA) is 98.5 Å². The van der Waals surface area contributed by atoms with Crippen LogP contribution < -0.4 is 11.1 Å². The van der Waals surface area contributed by atoms with Crippen LogP contribution in [0.1, 0.15) is 24.0 Å². The van der Waals surface area contributed by atoms with Gasteiger partial charge in [0.25, 0.3) is 0 Å². The smallest absolute Gasteiger partial charge is 0.416 e. The lowest BCUT2D eigenvalue weighted by molar-refractivity contribution is -0.141. The van der Waals surface area contributed by atoms with Crippen molar-refractivity contribution in [1.29, 1.82) is 0 Å². The molecule has 0 saturated heterocycles. The van der Waals surface area contributed by atoms with E-state index in [0.29, 0.717) is 5.56 Å². The third-order valence-electron chi connectivity index (χ3n) is 3.19. The van der Waals surface area contributed by atoms with Gasteiger partial charge >= 0.3 is 12.1 Å². The minimum absolute atomic E-state index is 0.0270. The summed E-state index contributed by atoms with van der Waals surface area (Å²) in [4.78, 5) is 34.2. The first-order valence-corrected chi connectivity index (χ1v) is 6.95. The van der Waals surface area contributed by atoms with Crippen LogP contribution in [0.4, 0.5) is 13.2 Å². The largest absolute Gasteiger partial charge is 0.469 e. The van der Waals surface area contributed by atoms with Crippen molar-refractivity contribution in [1.82, 2.24) is 5.32 Å². The lowest BCUT2D eigenvalue weighted by Crippen LogP contribution is -2.45. The monoisotopic (exact) mass is 346 g/mol. The molecule has 0 radical (unpaired) electrons. The molecule has 0 bridgehead atoms. The molecular formula is C15H17F3N2O4. The standard InChI is InChI=1S/C15H17F3N2O4/c1-24-13(22)7-6-11(14(19)23)20-12(21)8-9-2-4-10(5-3-9)15(16,17)18/h2-5,11H,6-8H2,1H3,(H2,19,23)(H,20,21)/t11-/m0/s1. The highest BCUT2D eigenvalue weighted by Crippen LogP contribution is 2.29. The molecule has 1 atom stereocenters. The number of ether oxygens (including phenoxy) is 1. The summed E-state index contributed by atoms with van der Waals surface area (Å²) >= 11 is 0. The first kappa shape index (κ1) is 19.5. The van der Waals surface area contributed by atoms with E-state index in [2.05, 4.69) is 10.1 Å². The second-order valence-corrected chi connectivity index (χ2v) is 5.01. The third kappa shape index (κ3) is 6.27. The highest BCUT2D eigenvalue weighted by atomic mass is 19.4. The van der Waals surface area contributed by atoms with E-state index in [4.69, 9.17) is 5.73 Å². The Kier molecular flexibility index (Phi) is 6.75. The van der Waals surface area contributed by atoms with Crippen molar-refractivity contribution in [3.8, 4) is 0 Å². The normalized spacial score (nSPS) is 12.3. The summed E-state index contributed by atoms with van der Waals surface area (Å²) in [5, 5.41) is 2.35. The maximum atomic E-state index is 12.5. The summed E-state index contributed by atoms with van der Waals surface area (Å²) in [5.74, 6) is -1.97. The molecule has 0 saturated carbocycles. The number of hydrogen-bond acceptors (Lipinski definition) is 4. The van der Waals surface area contributed by atoms with Crippen LogP contribution in [-0.2, 0) is 31.7 Å². The Balaban J connectivity index is 2.62. The van der Waals surface area contributed by atoms with Crippen LogP contribution in [0.3, 0.4) is 0 Å². The third-order valence-corrected chi connectivity index (χ3v) is 3.19. The number of halogens is 3. The molecule has 0 aliphatic heterocycles. The molecule has 132 valence electrons. The Bertz CT molecular complexity index is 600. The zero-order valence-corrected chi connectivity index (χ0v) is 12.9. The first-order valence-electron chi connectivity index (χ1n) is 6.95. The molecule has 6 nitrogen and oxygen atoms in total. The number of benzene rings is 1. The van der Waals surface area contributed by atoms with Crippen LogP contribution in [0.25, 0.3) is 0 Å². The van der Waals surface area contributed by atoms with Crippen molar-refractivity contribution in [3.63, 3.8) is 0 Å². The average Bonchev–Trinajstić information content (AvgIpc) is 2.50. The zero-order valence-electron chi connectivity index (χ0n) is 12.9. The Morgan fingerprint density at radius 1 is 1.21 bits per heavy atom.